The van der Waals surface area contributed by atoms with Gasteiger partial charge in [-0.25, -0.2) is 0 Å². The summed E-state index contributed by atoms with van der Waals surface area (Å²) in [5.74, 6) is 0. The van der Waals surface area contributed by atoms with Crippen LogP contribution in [0, 0.1) is 10.1 Å². The van der Waals surface area contributed by atoms with Gasteiger partial charge in [0.05, 0.1) is 4.92 Å². The lowest BCUT2D eigenvalue weighted by Crippen LogP contribution is -2.32. The third kappa shape index (κ3) is 2.28. The predicted octanol–water partition coefficient (Wildman–Crippen LogP) is 2.81. The number of non-ortho nitro benzene ring substituents is 1. The third-order valence-corrected chi connectivity index (χ3v) is 3.23. The standard InChI is InChI=1S/C14H13N3O2/c18-17(19)12-6-3-5-10(8-12)14-15-9-11-4-1-2-7-13(11)16-14/h1-8,14-16H,9H2/t14-/m0/s1. The van der Waals surface area contributed by atoms with Crippen molar-refractivity contribution < 1.29 is 4.92 Å². The summed E-state index contributed by atoms with van der Waals surface area (Å²) in [6, 6.07) is 14.7. The van der Waals surface area contributed by atoms with E-state index in [1.54, 1.807) is 12.1 Å². The van der Waals surface area contributed by atoms with Crippen molar-refractivity contribution in [2.75, 3.05) is 5.32 Å². The van der Waals surface area contributed by atoms with Gasteiger partial charge in [-0.3, -0.25) is 15.4 Å². The fourth-order valence-corrected chi connectivity index (χ4v) is 2.25. The fraction of sp³-hybridized carbons (Fsp3) is 0.143. The first-order chi connectivity index (χ1) is 9.24. The van der Waals surface area contributed by atoms with E-state index in [1.165, 1.54) is 11.6 Å². The molecule has 2 aromatic rings. The maximum Gasteiger partial charge on any atom is 0.269 e. The van der Waals surface area contributed by atoms with Crippen LogP contribution in [-0.4, -0.2) is 4.92 Å². The van der Waals surface area contributed by atoms with E-state index in [0.29, 0.717) is 0 Å². The van der Waals surface area contributed by atoms with Crippen LogP contribution in [0.5, 0.6) is 0 Å². The molecule has 0 saturated heterocycles. The monoisotopic (exact) mass is 255 g/mol. The van der Waals surface area contributed by atoms with E-state index >= 15 is 0 Å². The van der Waals surface area contributed by atoms with E-state index in [4.69, 9.17) is 0 Å². The molecule has 0 aliphatic carbocycles. The number of nitro benzene ring substituents is 1. The number of para-hydroxylation sites is 1. The first-order valence-corrected chi connectivity index (χ1v) is 6.06. The second kappa shape index (κ2) is 4.70. The van der Waals surface area contributed by atoms with Gasteiger partial charge in [0.15, 0.2) is 0 Å². The largest absolute Gasteiger partial charge is 0.366 e. The molecule has 0 radical (unpaired) electrons. The lowest BCUT2D eigenvalue weighted by molar-refractivity contribution is -0.384. The van der Waals surface area contributed by atoms with Gasteiger partial charge >= 0.3 is 0 Å². The second-order valence-electron chi connectivity index (χ2n) is 4.47. The van der Waals surface area contributed by atoms with Crippen LogP contribution in [-0.2, 0) is 6.54 Å². The summed E-state index contributed by atoms with van der Waals surface area (Å²) in [4.78, 5) is 10.4. The van der Waals surface area contributed by atoms with E-state index < -0.39 is 0 Å². The molecule has 0 amide bonds. The molecule has 1 heterocycles. The molecule has 0 fully saturated rings. The van der Waals surface area contributed by atoms with Crippen molar-refractivity contribution >= 4 is 11.4 Å². The van der Waals surface area contributed by atoms with Gasteiger partial charge in [-0.2, -0.15) is 0 Å². The van der Waals surface area contributed by atoms with Crippen LogP contribution < -0.4 is 10.6 Å². The fourth-order valence-electron chi connectivity index (χ4n) is 2.25. The molecule has 0 spiro atoms. The van der Waals surface area contributed by atoms with Crippen molar-refractivity contribution in [1.29, 1.82) is 0 Å². The first-order valence-electron chi connectivity index (χ1n) is 6.06. The number of rotatable bonds is 2. The van der Waals surface area contributed by atoms with Crippen LogP contribution in [0.2, 0.25) is 0 Å². The van der Waals surface area contributed by atoms with E-state index in [9.17, 15) is 10.1 Å². The highest BCUT2D eigenvalue weighted by Crippen LogP contribution is 2.27. The topological polar surface area (TPSA) is 67.2 Å². The Balaban J connectivity index is 1.89. The lowest BCUT2D eigenvalue weighted by atomic mass is 10.1. The minimum atomic E-state index is -0.375. The van der Waals surface area contributed by atoms with Gasteiger partial charge in [0.2, 0.25) is 0 Å². The molecule has 3 rings (SSSR count). The molecular weight excluding hydrogens is 242 g/mol. The van der Waals surface area contributed by atoms with Crippen molar-refractivity contribution in [1.82, 2.24) is 5.32 Å². The molecule has 0 aromatic heterocycles. The van der Waals surface area contributed by atoms with Gasteiger partial charge < -0.3 is 5.32 Å². The summed E-state index contributed by atoms with van der Waals surface area (Å²) in [6.45, 7) is 0.747. The molecule has 0 unspecified atom stereocenters. The van der Waals surface area contributed by atoms with E-state index in [1.807, 2.05) is 24.3 Å². The van der Waals surface area contributed by atoms with Gasteiger partial charge in [0, 0.05) is 24.4 Å². The molecule has 1 aliphatic rings. The summed E-state index contributed by atoms with van der Waals surface area (Å²) in [6.07, 6.45) is -0.102. The van der Waals surface area contributed by atoms with Crippen LogP contribution in [0.4, 0.5) is 11.4 Å². The van der Waals surface area contributed by atoms with E-state index in [0.717, 1.165) is 17.8 Å². The average molecular weight is 255 g/mol. The van der Waals surface area contributed by atoms with Crippen molar-refractivity contribution in [3.63, 3.8) is 0 Å². The minimum Gasteiger partial charge on any atom is -0.366 e. The van der Waals surface area contributed by atoms with Crippen LogP contribution in [0.15, 0.2) is 48.5 Å². The SMILES string of the molecule is O=[N+]([O-])c1cccc([C@H]2NCc3ccccc3N2)c1. The van der Waals surface area contributed by atoms with Gasteiger partial charge in [-0.15, -0.1) is 0 Å². The zero-order valence-corrected chi connectivity index (χ0v) is 10.2. The molecule has 0 saturated carbocycles. The molecular formula is C14H13N3O2. The number of nitrogens with zero attached hydrogens (tertiary/aromatic N) is 1. The van der Waals surface area contributed by atoms with Crippen molar-refractivity contribution in [2.45, 2.75) is 12.7 Å². The van der Waals surface area contributed by atoms with Crippen molar-refractivity contribution in [3.05, 3.63) is 69.8 Å². The quantitative estimate of drug-likeness (QED) is 0.639. The summed E-state index contributed by atoms with van der Waals surface area (Å²) >= 11 is 0. The number of nitro groups is 1. The maximum atomic E-state index is 10.8. The molecule has 96 valence electrons. The molecule has 1 atom stereocenters. The summed E-state index contributed by atoms with van der Waals surface area (Å²) < 4.78 is 0. The Morgan fingerprint density at radius 2 is 2.00 bits per heavy atom. The van der Waals surface area contributed by atoms with Crippen molar-refractivity contribution in [3.8, 4) is 0 Å². The smallest absolute Gasteiger partial charge is 0.269 e. The Morgan fingerprint density at radius 1 is 1.16 bits per heavy atom. The number of nitrogens with one attached hydrogen (secondary N) is 2. The van der Waals surface area contributed by atoms with Crippen LogP contribution in [0.3, 0.4) is 0 Å². The molecule has 0 bridgehead atoms. The highest BCUT2D eigenvalue weighted by atomic mass is 16.6. The first kappa shape index (κ1) is 11.7. The number of hydrogen-bond acceptors (Lipinski definition) is 4. The number of anilines is 1. The lowest BCUT2D eigenvalue weighted by Gasteiger charge is -2.28. The number of benzene rings is 2. The molecule has 2 N–H and O–H groups in total. The van der Waals surface area contributed by atoms with Crippen LogP contribution >= 0.6 is 0 Å². The van der Waals surface area contributed by atoms with Gasteiger partial charge in [0.1, 0.15) is 6.17 Å². The Bertz CT molecular complexity index is 628. The molecule has 2 aromatic carbocycles. The predicted molar refractivity (Wildman–Crippen MR) is 72.7 cm³/mol. The van der Waals surface area contributed by atoms with Crippen LogP contribution in [0.25, 0.3) is 0 Å². The van der Waals surface area contributed by atoms with Crippen LogP contribution in [0.1, 0.15) is 17.3 Å². The van der Waals surface area contributed by atoms with Gasteiger partial charge in [-0.05, 0) is 17.2 Å². The highest BCUT2D eigenvalue weighted by molar-refractivity contribution is 5.54. The molecule has 1 aliphatic heterocycles. The average Bonchev–Trinajstić information content (AvgIpc) is 2.47. The minimum absolute atomic E-state index is 0.102. The van der Waals surface area contributed by atoms with E-state index in [-0.39, 0.29) is 16.8 Å². The summed E-state index contributed by atoms with van der Waals surface area (Å²) in [7, 11) is 0. The Morgan fingerprint density at radius 3 is 2.84 bits per heavy atom. The zero-order valence-electron chi connectivity index (χ0n) is 10.2. The zero-order chi connectivity index (χ0) is 13.2. The van der Waals surface area contributed by atoms with E-state index in [2.05, 4.69) is 16.7 Å². The second-order valence-corrected chi connectivity index (χ2v) is 4.47. The molecule has 5 heteroatoms. The van der Waals surface area contributed by atoms with Gasteiger partial charge in [0.25, 0.3) is 5.69 Å². The van der Waals surface area contributed by atoms with Crippen molar-refractivity contribution in [2.24, 2.45) is 0 Å². The Kier molecular flexibility index (Phi) is 2.89. The van der Waals surface area contributed by atoms with Gasteiger partial charge in [-0.1, -0.05) is 30.3 Å². The third-order valence-electron chi connectivity index (χ3n) is 3.23. The summed E-state index contributed by atoms with van der Waals surface area (Å²) in [5.41, 5.74) is 3.24. The molecule has 19 heavy (non-hydrogen) atoms. The maximum absolute atomic E-state index is 10.8. The number of fused-ring (bicyclic) bond motifs is 1. The highest BCUT2D eigenvalue weighted by Gasteiger charge is 2.19. The number of hydrogen-bond donors (Lipinski definition) is 2. The summed E-state index contributed by atoms with van der Waals surface area (Å²) in [5, 5.41) is 17.5. The molecule has 5 nitrogen and oxygen atoms in total. The Labute approximate surface area is 110 Å². The Hall–Kier alpha value is -2.40. The normalized spacial score (nSPS) is 17.4.